The number of pyridine rings is 1. The van der Waals surface area contributed by atoms with E-state index in [9.17, 15) is 4.79 Å². The van der Waals surface area contributed by atoms with Crippen molar-refractivity contribution in [3.05, 3.63) is 53.7 Å². The normalized spacial score (nSPS) is 15.4. The van der Waals surface area contributed by atoms with Gasteiger partial charge < -0.3 is 4.90 Å². The first kappa shape index (κ1) is 15.7. The van der Waals surface area contributed by atoms with Crippen LogP contribution in [-0.4, -0.2) is 28.9 Å². The molecule has 0 radical (unpaired) electrons. The van der Waals surface area contributed by atoms with Crippen molar-refractivity contribution >= 4 is 5.91 Å². The van der Waals surface area contributed by atoms with E-state index in [-0.39, 0.29) is 5.91 Å². The molecule has 1 saturated carbocycles. The van der Waals surface area contributed by atoms with Gasteiger partial charge in [0, 0.05) is 24.8 Å². The van der Waals surface area contributed by atoms with Gasteiger partial charge >= 0.3 is 0 Å². The van der Waals surface area contributed by atoms with Crippen LogP contribution in [0.2, 0.25) is 0 Å². The number of hydrogen-bond acceptors (Lipinski definition) is 2. The van der Waals surface area contributed by atoms with Crippen molar-refractivity contribution in [3.63, 3.8) is 0 Å². The average molecular weight is 308 g/mol. The quantitative estimate of drug-likeness (QED) is 0.838. The van der Waals surface area contributed by atoms with Crippen molar-refractivity contribution in [2.45, 2.75) is 45.1 Å². The molecule has 3 rings (SSSR count). The lowest BCUT2D eigenvalue weighted by Crippen LogP contribution is -2.38. The maximum absolute atomic E-state index is 12.6. The number of nitrogens with zero attached hydrogens (tertiary/aromatic N) is 2. The summed E-state index contributed by atoms with van der Waals surface area (Å²) in [4.78, 5) is 19.0. The highest BCUT2D eigenvalue weighted by Crippen LogP contribution is 2.23. The van der Waals surface area contributed by atoms with Gasteiger partial charge in [-0.25, -0.2) is 0 Å². The molecule has 0 spiro atoms. The minimum absolute atomic E-state index is 0.0832. The fraction of sp³-hybridized carbons (Fsp3) is 0.400. The summed E-state index contributed by atoms with van der Waals surface area (Å²) < 4.78 is 0. The molecule has 1 aliphatic rings. The van der Waals surface area contributed by atoms with Crippen molar-refractivity contribution in [2.24, 2.45) is 0 Å². The zero-order chi connectivity index (χ0) is 16.2. The van der Waals surface area contributed by atoms with Crippen molar-refractivity contribution in [3.8, 4) is 11.3 Å². The largest absolute Gasteiger partial charge is 0.339 e. The van der Waals surface area contributed by atoms with Gasteiger partial charge in [0.2, 0.25) is 0 Å². The maximum Gasteiger partial charge on any atom is 0.255 e. The van der Waals surface area contributed by atoms with E-state index in [0.29, 0.717) is 11.6 Å². The highest BCUT2D eigenvalue weighted by molar-refractivity contribution is 5.94. The SMILES string of the molecule is Cc1ccc(-c2ccc(C(=O)N(C)C3CCCCC3)cn2)cc1. The van der Waals surface area contributed by atoms with Gasteiger partial charge in [0.25, 0.3) is 5.91 Å². The number of carbonyl (C=O) groups excluding carboxylic acids is 1. The highest BCUT2D eigenvalue weighted by Gasteiger charge is 2.23. The second-order valence-electron chi connectivity index (χ2n) is 6.51. The Morgan fingerprint density at radius 1 is 1.04 bits per heavy atom. The Hall–Kier alpha value is -2.16. The second kappa shape index (κ2) is 6.95. The van der Waals surface area contributed by atoms with Crippen LogP contribution >= 0.6 is 0 Å². The van der Waals surface area contributed by atoms with Gasteiger partial charge in [-0.2, -0.15) is 0 Å². The smallest absolute Gasteiger partial charge is 0.255 e. The van der Waals surface area contributed by atoms with E-state index in [1.54, 1.807) is 6.20 Å². The molecule has 1 aromatic carbocycles. The first-order valence-electron chi connectivity index (χ1n) is 8.45. The van der Waals surface area contributed by atoms with Gasteiger partial charge in [-0.3, -0.25) is 9.78 Å². The molecule has 23 heavy (non-hydrogen) atoms. The molecule has 2 aromatic rings. The molecular weight excluding hydrogens is 284 g/mol. The molecular formula is C20H24N2O. The number of amides is 1. The van der Waals surface area contributed by atoms with E-state index in [1.165, 1.54) is 24.8 Å². The fourth-order valence-corrected chi connectivity index (χ4v) is 3.25. The predicted molar refractivity (Wildman–Crippen MR) is 93.4 cm³/mol. The zero-order valence-electron chi connectivity index (χ0n) is 14.0. The molecule has 1 heterocycles. The topological polar surface area (TPSA) is 33.2 Å². The zero-order valence-corrected chi connectivity index (χ0v) is 14.0. The molecule has 0 N–H and O–H groups in total. The number of benzene rings is 1. The first-order chi connectivity index (χ1) is 11.1. The van der Waals surface area contributed by atoms with Gasteiger partial charge in [0.1, 0.15) is 0 Å². The Kier molecular flexibility index (Phi) is 4.75. The van der Waals surface area contributed by atoms with Gasteiger partial charge in [-0.05, 0) is 31.9 Å². The number of aromatic nitrogens is 1. The Labute approximate surface area is 138 Å². The summed E-state index contributed by atoms with van der Waals surface area (Å²) >= 11 is 0. The van der Waals surface area contributed by atoms with Gasteiger partial charge in [-0.1, -0.05) is 49.1 Å². The van der Waals surface area contributed by atoms with E-state index in [4.69, 9.17) is 0 Å². The van der Waals surface area contributed by atoms with Crippen LogP contribution in [-0.2, 0) is 0 Å². The monoisotopic (exact) mass is 308 g/mol. The maximum atomic E-state index is 12.6. The molecule has 120 valence electrons. The summed E-state index contributed by atoms with van der Waals surface area (Å²) in [5.74, 6) is 0.0832. The van der Waals surface area contributed by atoms with Crippen molar-refractivity contribution in [1.29, 1.82) is 0 Å². The third-order valence-electron chi connectivity index (χ3n) is 4.80. The Morgan fingerprint density at radius 3 is 2.35 bits per heavy atom. The molecule has 1 fully saturated rings. The van der Waals surface area contributed by atoms with E-state index < -0.39 is 0 Å². The molecule has 0 aliphatic heterocycles. The van der Waals surface area contributed by atoms with Crippen LogP contribution in [0.25, 0.3) is 11.3 Å². The van der Waals surface area contributed by atoms with Crippen LogP contribution in [0.4, 0.5) is 0 Å². The Bertz CT molecular complexity index is 655. The van der Waals surface area contributed by atoms with Gasteiger partial charge in [0.05, 0.1) is 11.3 Å². The molecule has 0 bridgehead atoms. The standard InChI is InChI=1S/C20H24N2O/c1-15-8-10-16(11-9-15)19-13-12-17(14-21-19)20(23)22(2)18-6-4-3-5-7-18/h8-14,18H,3-7H2,1-2H3. The number of hydrogen-bond donors (Lipinski definition) is 0. The molecule has 3 heteroatoms. The van der Waals surface area contributed by atoms with Crippen LogP contribution in [0.15, 0.2) is 42.6 Å². The summed E-state index contributed by atoms with van der Waals surface area (Å²) in [5, 5.41) is 0. The van der Waals surface area contributed by atoms with Crippen LogP contribution in [0.5, 0.6) is 0 Å². The summed E-state index contributed by atoms with van der Waals surface area (Å²) in [7, 11) is 1.92. The minimum Gasteiger partial charge on any atom is -0.339 e. The Morgan fingerprint density at radius 2 is 1.74 bits per heavy atom. The van der Waals surface area contributed by atoms with E-state index in [0.717, 1.165) is 24.1 Å². The lowest BCUT2D eigenvalue weighted by molar-refractivity contribution is 0.0696. The van der Waals surface area contributed by atoms with Crippen molar-refractivity contribution in [1.82, 2.24) is 9.88 Å². The lowest BCUT2D eigenvalue weighted by atomic mass is 9.94. The van der Waals surface area contributed by atoms with E-state index in [2.05, 4.69) is 36.2 Å². The second-order valence-corrected chi connectivity index (χ2v) is 6.51. The van der Waals surface area contributed by atoms with Gasteiger partial charge in [0.15, 0.2) is 0 Å². The summed E-state index contributed by atoms with van der Waals surface area (Å²) in [6, 6.07) is 12.5. The van der Waals surface area contributed by atoms with E-state index >= 15 is 0 Å². The highest BCUT2D eigenvalue weighted by atomic mass is 16.2. The predicted octanol–water partition coefficient (Wildman–Crippen LogP) is 4.46. The summed E-state index contributed by atoms with van der Waals surface area (Å²) in [6.07, 6.45) is 7.70. The Balaban J connectivity index is 1.73. The number of aryl methyl sites for hydroxylation is 1. The summed E-state index contributed by atoms with van der Waals surface area (Å²) in [5.41, 5.74) is 3.89. The van der Waals surface area contributed by atoms with Crippen LogP contribution in [0.3, 0.4) is 0 Å². The molecule has 1 aromatic heterocycles. The van der Waals surface area contributed by atoms with Crippen LogP contribution in [0.1, 0.15) is 48.0 Å². The number of rotatable bonds is 3. The number of carbonyl (C=O) groups is 1. The third kappa shape index (κ3) is 3.61. The van der Waals surface area contributed by atoms with Crippen molar-refractivity contribution in [2.75, 3.05) is 7.05 Å². The molecule has 0 saturated heterocycles. The van der Waals surface area contributed by atoms with Crippen LogP contribution in [0, 0.1) is 6.92 Å². The first-order valence-corrected chi connectivity index (χ1v) is 8.45. The fourth-order valence-electron chi connectivity index (χ4n) is 3.25. The molecule has 3 nitrogen and oxygen atoms in total. The van der Waals surface area contributed by atoms with Crippen molar-refractivity contribution < 1.29 is 4.79 Å². The molecule has 0 atom stereocenters. The average Bonchev–Trinajstić information content (AvgIpc) is 2.62. The molecule has 1 aliphatic carbocycles. The summed E-state index contributed by atoms with van der Waals surface area (Å²) in [6.45, 7) is 2.07. The minimum atomic E-state index is 0.0832. The lowest BCUT2D eigenvalue weighted by Gasteiger charge is -2.31. The van der Waals surface area contributed by atoms with Gasteiger partial charge in [-0.15, -0.1) is 0 Å². The van der Waals surface area contributed by atoms with Crippen LogP contribution < -0.4 is 0 Å². The molecule has 0 unspecified atom stereocenters. The third-order valence-corrected chi connectivity index (χ3v) is 4.80. The molecule has 1 amide bonds. The van der Waals surface area contributed by atoms with E-state index in [1.807, 2.05) is 24.1 Å².